The van der Waals surface area contributed by atoms with Crippen molar-refractivity contribution in [2.45, 2.75) is 26.2 Å². The first kappa shape index (κ1) is 19.0. The summed E-state index contributed by atoms with van der Waals surface area (Å²) in [5, 5.41) is 5.72. The zero-order valence-electron chi connectivity index (χ0n) is 16.5. The van der Waals surface area contributed by atoms with Gasteiger partial charge in [0.1, 0.15) is 0 Å². The second-order valence-corrected chi connectivity index (χ2v) is 7.19. The van der Waals surface area contributed by atoms with Crippen LogP contribution in [0.1, 0.15) is 47.3 Å². The number of amides is 2. The second kappa shape index (κ2) is 8.34. The van der Waals surface area contributed by atoms with Gasteiger partial charge in [0.05, 0.1) is 5.52 Å². The van der Waals surface area contributed by atoms with Crippen molar-refractivity contribution < 1.29 is 9.59 Å². The van der Waals surface area contributed by atoms with Gasteiger partial charge in [-0.15, -0.1) is 0 Å². The highest BCUT2D eigenvalue weighted by atomic mass is 16.2. The maximum atomic E-state index is 12.9. The number of nitrogens with one attached hydrogen (secondary N) is 2. The molecule has 3 heterocycles. The number of benzene rings is 1. The average molecular weight is 391 g/mol. The number of hydrogen-bond acceptors (Lipinski definition) is 4. The maximum absolute atomic E-state index is 12.9. The number of fused-ring (bicyclic) bond motifs is 1. The van der Waals surface area contributed by atoms with Gasteiger partial charge in [-0.1, -0.05) is 13.0 Å². The van der Waals surface area contributed by atoms with E-state index in [0.717, 1.165) is 19.5 Å². The lowest BCUT2D eigenvalue weighted by Gasteiger charge is -2.17. The van der Waals surface area contributed by atoms with E-state index in [1.165, 1.54) is 18.5 Å². The molecule has 150 valence electrons. The Bertz CT molecular complexity index is 1020. The number of hydrogen-bond donors (Lipinski definition) is 2. The molecule has 1 aliphatic rings. The third-order valence-corrected chi connectivity index (χ3v) is 5.10. The summed E-state index contributed by atoms with van der Waals surface area (Å²) in [5.41, 5.74) is 2.70. The van der Waals surface area contributed by atoms with Crippen molar-refractivity contribution in [3.8, 4) is 0 Å². The van der Waals surface area contributed by atoms with Crippen molar-refractivity contribution >= 4 is 28.7 Å². The molecule has 0 atom stereocenters. The molecule has 1 fully saturated rings. The van der Waals surface area contributed by atoms with Gasteiger partial charge < -0.3 is 15.5 Å². The summed E-state index contributed by atoms with van der Waals surface area (Å²) in [6.45, 7) is 4.70. The number of carbonyl (C=O) groups is 2. The standard InChI is InChI=1S/C22H25N5O2/c1-2-12-23-22(29)20-25-19(18-7-3-4-15-27(18)20)21(28)24-16-8-10-17(11-9-16)26-13-5-6-14-26/h3-4,7-11,15H,2,5-6,12-14H2,1H3,(H,23,29)(H,24,28). The van der Waals surface area contributed by atoms with Crippen molar-refractivity contribution in [1.29, 1.82) is 0 Å². The molecule has 0 saturated carbocycles. The molecule has 0 aliphatic carbocycles. The van der Waals surface area contributed by atoms with Crippen molar-refractivity contribution in [3.63, 3.8) is 0 Å². The van der Waals surface area contributed by atoms with Crippen molar-refractivity contribution in [2.75, 3.05) is 29.9 Å². The summed E-state index contributed by atoms with van der Waals surface area (Å²) in [5.74, 6) is -0.414. The molecular formula is C22H25N5O2. The van der Waals surface area contributed by atoms with E-state index in [-0.39, 0.29) is 23.3 Å². The summed E-state index contributed by atoms with van der Waals surface area (Å²) in [7, 11) is 0. The first-order valence-corrected chi connectivity index (χ1v) is 10.1. The van der Waals surface area contributed by atoms with Gasteiger partial charge in [0.2, 0.25) is 5.82 Å². The molecule has 29 heavy (non-hydrogen) atoms. The summed E-state index contributed by atoms with van der Waals surface area (Å²) < 4.78 is 1.65. The largest absolute Gasteiger partial charge is 0.372 e. The van der Waals surface area contributed by atoms with Gasteiger partial charge in [-0.2, -0.15) is 0 Å². The Morgan fingerprint density at radius 2 is 1.79 bits per heavy atom. The van der Waals surface area contributed by atoms with Gasteiger partial charge in [-0.3, -0.25) is 14.0 Å². The molecule has 1 aliphatic heterocycles. The van der Waals surface area contributed by atoms with E-state index in [4.69, 9.17) is 0 Å². The molecule has 1 aromatic carbocycles. The number of rotatable bonds is 6. The van der Waals surface area contributed by atoms with Crippen molar-refractivity contribution in [1.82, 2.24) is 14.7 Å². The first-order valence-electron chi connectivity index (χ1n) is 10.1. The number of aromatic nitrogens is 2. The van der Waals surface area contributed by atoms with Crippen LogP contribution in [0.2, 0.25) is 0 Å². The lowest BCUT2D eigenvalue weighted by Crippen LogP contribution is -2.26. The van der Waals surface area contributed by atoms with Crippen LogP contribution in [0, 0.1) is 0 Å². The highest BCUT2D eigenvalue weighted by Gasteiger charge is 2.21. The van der Waals surface area contributed by atoms with E-state index in [2.05, 4.69) is 20.5 Å². The van der Waals surface area contributed by atoms with Crippen LogP contribution in [-0.2, 0) is 0 Å². The van der Waals surface area contributed by atoms with E-state index in [1.807, 2.05) is 43.3 Å². The third-order valence-electron chi connectivity index (χ3n) is 5.10. The SMILES string of the molecule is CCCNC(=O)c1nc(C(=O)Nc2ccc(N3CCCC3)cc2)c2ccccn12. The molecule has 0 bridgehead atoms. The van der Waals surface area contributed by atoms with Gasteiger partial charge in [-0.05, 0) is 55.7 Å². The lowest BCUT2D eigenvalue weighted by atomic mass is 10.2. The molecular weight excluding hydrogens is 366 g/mol. The predicted molar refractivity (Wildman–Crippen MR) is 114 cm³/mol. The molecule has 0 radical (unpaired) electrons. The van der Waals surface area contributed by atoms with Gasteiger partial charge in [0.15, 0.2) is 5.69 Å². The molecule has 2 aromatic heterocycles. The smallest absolute Gasteiger partial charge is 0.287 e. The molecule has 3 aromatic rings. The Balaban J connectivity index is 1.56. The topological polar surface area (TPSA) is 78.7 Å². The maximum Gasteiger partial charge on any atom is 0.287 e. The summed E-state index contributed by atoms with van der Waals surface area (Å²) in [4.78, 5) is 32.0. The Labute approximate surface area is 169 Å². The average Bonchev–Trinajstić information content (AvgIpc) is 3.41. The molecule has 1 saturated heterocycles. The predicted octanol–water partition coefficient (Wildman–Crippen LogP) is 3.33. The number of pyridine rings is 1. The van der Waals surface area contributed by atoms with E-state index in [1.54, 1.807) is 16.7 Å². The summed E-state index contributed by atoms with van der Waals surface area (Å²) >= 11 is 0. The Hall–Kier alpha value is -3.35. The molecule has 7 nitrogen and oxygen atoms in total. The van der Waals surface area contributed by atoms with E-state index in [0.29, 0.717) is 17.7 Å². The van der Waals surface area contributed by atoms with E-state index < -0.39 is 0 Å². The zero-order chi connectivity index (χ0) is 20.2. The molecule has 2 amide bonds. The van der Waals surface area contributed by atoms with Gasteiger partial charge in [-0.25, -0.2) is 4.98 Å². The van der Waals surface area contributed by atoms with E-state index >= 15 is 0 Å². The number of imidazole rings is 1. The van der Waals surface area contributed by atoms with Gasteiger partial charge >= 0.3 is 0 Å². The van der Waals surface area contributed by atoms with Crippen LogP contribution in [0.25, 0.3) is 5.52 Å². The Morgan fingerprint density at radius 1 is 1.03 bits per heavy atom. The van der Waals surface area contributed by atoms with Crippen LogP contribution in [0.4, 0.5) is 11.4 Å². The van der Waals surface area contributed by atoms with Crippen molar-refractivity contribution in [2.24, 2.45) is 0 Å². The third kappa shape index (κ3) is 3.94. The highest BCUT2D eigenvalue weighted by molar-refractivity contribution is 6.09. The fraction of sp³-hybridized carbons (Fsp3) is 0.318. The highest BCUT2D eigenvalue weighted by Crippen LogP contribution is 2.23. The normalized spacial score (nSPS) is 13.6. The van der Waals surface area contributed by atoms with Crippen LogP contribution in [0.3, 0.4) is 0 Å². The fourth-order valence-electron chi connectivity index (χ4n) is 3.60. The van der Waals surface area contributed by atoms with Gasteiger partial charge in [0, 0.05) is 37.2 Å². The van der Waals surface area contributed by atoms with Crippen LogP contribution >= 0.6 is 0 Å². The molecule has 0 unspecified atom stereocenters. The zero-order valence-corrected chi connectivity index (χ0v) is 16.5. The first-order chi connectivity index (χ1) is 14.2. The quantitative estimate of drug-likeness (QED) is 0.676. The minimum atomic E-state index is -0.336. The minimum Gasteiger partial charge on any atom is -0.372 e. The van der Waals surface area contributed by atoms with E-state index in [9.17, 15) is 9.59 Å². The Kier molecular flexibility index (Phi) is 5.46. The van der Waals surface area contributed by atoms with Crippen molar-refractivity contribution in [3.05, 3.63) is 60.2 Å². The lowest BCUT2D eigenvalue weighted by molar-refractivity contribution is 0.0942. The molecule has 2 N–H and O–H groups in total. The number of carbonyl (C=O) groups excluding carboxylic acids is 2. The monoisotopic (exact) mass is 391 g/mol. The number of anilines is 2. The molecule has 7 heteroatoms. The summed E-state index contributed by atoms with van der Waals surface area (Å²) in [6, 6.07) is 13.3. The molecule has 0 spiro atoms. The minimum absolute atomic E-state index is 0.212. The second-order valence-electron chi connectivity index (χ2n) is 7.19. The number of nitrogens with zero attached hydrogens (tertiary/aromatic N) is 3. The van der Waals surface area contributed by atoms with Crippen LogP contribution in [0.15, 0.2) is 48.7 Å². The van der Waals surface area contributed by atoms with Crippen LogP contribution in [-0.4, -0.2) is 40.8 Å². The molecule has 4 rings (SSSR count). The fourth-order valence-corrected chi connectivity index (χ4v) is 3.60. The van der Waals surface area contributed by atoms with Gasteiger partial charge in [0.25, 0.3) is 11.8 Å². The summed E-state index contributed by atoms with van der Waals surface area (Å²) in [6.07, 6.45) is 5.01. The Morgan fingerprint density at radius 3 is 2.52 bits per heavy atom. The van der Waals surface area contributed by atoms with Crippen LogP contribution in [0.5, 0.6) is 0 Å². The van der Waals surface area contributed by atoms with Crippen LogP contribution < -0.4 is 15.5 Å².